The Kier molecular flexibility index (Phi) is 6.13. The Morgan fingerprint density at radius 1 is 1.11 bits per heavy atom. The fourth-order valence-corrected chi connectivity index (χ4v) is 5.19. The number of fused-ring (bicyclic) bond motifs is 1. The number of terminal acetylenes is 1. The van der Waals surface area contributed by atoms with Crippen LogP contribution in [0, 0.1) is 29.6 Å². The number of epoxide rings is 1. The molecule has 3 atom stereocenters. The van der Waals surface area contributed by atoms with Gasteiger partial charge in [-0.15, -0.1) is 6.42 Å². The molecular weight excluding hydrogens is 482 g/mol. The normalized spacial score (nSPS) is 25.2. The summed E-state index contributed by atoms with van der Waals surface area (Å²) in [5, 5.41) is 0. The number of esters is 1. The number of nitrogens with zero attached hydrogens (tertiary/aromatic N) is 1. The highest BCUT2D eigenvalue weighted by atomic mass is 16.6. The van der Waals surface area contributed by atoms with Crippen molar-refractivity contribution in [1.29, 1.82) is 0 Å². The first-order valence-electron chi connectivity index (χ1n) is 12.4. The maximum Gasteiger partial charge on any atom is 0.420 e. The van der Waals surface area contributed by atoms with E-state index in [1.807, 2.05) is 6.07 Å². The van der Waals surface area contributed by atoms with Crippen molar-refractivity contribution in [3.63, 3.8) is 0 Å². The van der Waals surface area contributed by atoms with E-state index in [9.17, 15) is 14.4 Å². The molecule has 3 aliphatic rings. The molecule has 2 heterocycles. The molecule has 3 unspecified atom stereocenters. The number of allylic oxidation sites excluding steroid dienone is 2. The van der Waals surface area contributed by atoms with E-state index in [0.717, 1.165) is 0 Å². The highest BCUT2D eigenvalue weighted by Crippen LogP contribution is 2.69. The SMILES string of the molecule is C#CC=CC#CC1N(C(=O)Oc2ccccc2)c2cc(OC(=O)C(C)(C)C)ccc2C23OC12CCCC3=O. The third-order valence-electron chi connectivity index (χ3n) is 6.99. The van der Waals surface area contributed by atoms with Gasteiger partial charge in [0.1, 0.15) is 23.1 Å². The molecule has 2 aromatic carbocycles. The van der Waals surface area contributed by atoms with Gasteiger partial charge in [0.15, 0.2) is 11.4 Å². The Bertz CT molecular complexity index is 1450. The number of para-hydroxylation sites is 1. The van der Waals surface area contributed by atoms with Crippen LogP contribution in [0.4, 0.5) is 10.5 Å². The number of amides is 1. The standard InChI is InChI=1S/C31H27NO6/c1-5-6-7-11-15-25-30-19-12-16-26(33)31(30,38-30)23-18-17-22(36-27(34)29(2,3)4)20-24(23)32(25)28(35)37-21-13-9-8-10-14-21/h1,6-10,13-14,17-18,20,25H,12,16,19H2,2-4H3. The zero-order valence-electron chi connectivity index (χ0n) is 21.4. The van der Waals surface area contributed by atoms with Gasteiger partial charge in [-0.25, -0.2) is 4.79 Å². The maximum atomic E-state index is 13.8. The largest absolute Gasteiger partial charge is 0.426 e. The van der Waals surface area contributed by atoms with Crippen LogP contribution in [0.5, 0.6) is 11.5 Å². The molecule has 2 aromatic rings. The summed E-state index contributed by atoms with van der Waals surface area (Å²) in [7, 11) is 0. The van der Waals surface area contributed by atoms with Crippen molar-refractivity contribution < 1.29 is 28.6 Å². The van der Waals surface area contributed by atoms with E-state index in [1.54, 1.807) is 63.2 Å². The minimum Gasteiger partial charge on any atom is -0.426 e. The number of Topliss-reactive ketones (excluding diaryl/α,β-unsaturated/α-hetero) is 1. The molecule has 7 heteroatoms. The summed E-state index contributed by atoms with van der Waals surface area (Å²) in [6, 6.07) is 12.7. The third-order valence-corrected chi connectivity index (χ3v) is 6.99. The second-order valence-electron chi connectivity index (χ2n) is 10.5. The average Bonchev–Trinajstić information content (AvgIpc) is 3.59. The van der Waals surface area contributed by atoms with Crippen LogP contribution in [-0.2, 0) is 19.9 Å². The fraction of sp³-hybridized carbons (Fsp3) is 0.323. The number of benzene rings is 2. The van der Waals surface area contributed by atoms with Crippen LogP contribution >= 0.6 is 0 Å². The molecule has 7 nitrogen and oxygen atoms in total. The van der Waals surface area contributed by atoms with Crippen molar-refractivity contribution in [3.8, 4) is 35.7 Å². The molecule has 0 radical (unpaired) electrons. The smallest absolute Gasteiger partial charge is 0.420 e. The van der Waals surface area contributed by atoms with Crippen molar-refractivity contribution in [1.82, 2.24) is 0 Å². The third kappa shape index (κ3) is 3.97. The van der Waals surface area contributed by atoms with Gasteiger partial charge in [-0.1, -0.05) is 36.0 Å². The highest BCUT2D eigenvalue weighted by molar-refractivity contribution is 6.03. The van der Waals surface area contributed by atoms with E-state index in [-0.39, 0.29) is 11.5 Å². The summed E-state index contributed by atoms with van der Waals surface area (Å²) in [5.74, 6) is 8.46. The molecule has 38 heavy (non-hydrogen) atoms. The summed E-state index contributed by atoms with van der Waals surface area (Å²) < 4.78 is 17.7. The topological polar surface area (TPSA) is 85.4 Å². The Hall–Kier alpha value is -4.33. The molecule has 0 spiro atoms. The van der Waals surface area contributed by atoms with Crippen LogP contribution in [0.15, 0.2) is 60.7 Å². The van der Waals surface area contributed by atoms with Gasteiger partial charge < -0.3 is 14.2 Å². The zero-order valence-corrected chi connectivity index (χ0v) is 21.4. The van der Waals surface area contributed by atoms with E-state index < -0.39 is 34.7 Å². The predicted octanol–water partition coefficient (Wildman–Crippen LogP) is 4.94. The Labute approximate surface area is 221 Å². The number of anilines is 1. The Morgan fingerprint density at radius 2 is 1.87 bits per heavy atom. The van der Waals surface area contributed by atoms with E-state index >= 15 is 0 Å². The summed E-state index contributed by atoms with van der Waals surface area (Å²) in [6.07, 6.45) is 9.07. The number of ether oxygens (including phenoxy) is 3. The maximum absolute atomic E-state index is 13.8. The molecule has 1 amide bonds. The first kappa shape index (κ1) is 25.3. The molecular formula is C31H27NO6. The lowest BCUT2D eigenvalue weighted by Gasteiger charge is -2.40. The van der Waals surface area contributed by atoms with Crippen LogP contribution in [0.2, 0.25) is 0 Å². The summed E-state index contributed by atoms with van der Waals surface area (Å²) in [4.78, 5) is 41.2. The molecule has 5 rings (SSSR count). The van der Waals surface area contributed by atoms with Crippen molar-refractivity contribution in [2.75, 3.05) is 4.90 Å². The Morgan fingerprint density at radius 3 is 2.58 bits per heavy atom. The molecule has 192 valence electrons. The summed E-state index contributed by atoms with van der Waals surface area (Å²) in [6.45, 7) is 5.25. The number of carbonyl (C=O) groups is 3. The van der Waals surface area contributed by atoms with Crippen molar-refractivity contribution in [2.45, 2.75) is 57.3 Å². The Balaban J connectivity index is 1.67. The number of hydrogen-bond donors (Lipinski definition) is 0. The lowest BCUT2D eigenvalue weighted by molar-refractivity contribution is -0.143. The van der Waals surface area contributed by atoms with Crippen molar-refractivity contribution >= 4 is 23.5 Å². The molecule has 2 aliphatic heterocycles. The van der Waals surface area contributed by atoms with Gasteiger partial charge in [-0.05, 0) is 70.0 Å². The average molecular weight is 510 g/mol. The van der Waals surface area contributed by atoms with Gasteiger partial charge >= 0.3 is 12.1 Å². The van der Waals surface area contributed by atoms with Gasteiger partial charge in [0.25, 0.3) is 0 Å². The van der Waals surface area contributed by atoms with Crippen molar-refractivity contribution in [3.05, 3.63) is 66.2 Å². The second-order valence-corrected chi connectivity index (χ2v) is 10.5. The number of rotatable bonds is 2. The van der Waals surface area contributed by atoms with Crippen LogP contribution in [0.25, 0.3) is 0 Å². The van der Waals surface area contributed by atoms with Gasteiger partial charge in [0.05, 0.1) is 11.1 Å². The quantitative estimate of drug-likeness (QED) is 0.247. The van der Waals surface area contributed by atoms with Gasteiger partial charge in [0.2, 0.25) is 0 Å². The van der Waals surface area contributed by atoms with E-state index in [2.05, 4.69) is 17.8 Å². The van der Waals surface area contributed by atoms with Gasteiger partial charge in [0, 0.05) is 18.1 Å². The second kappa shape index (κ2) is 9.20. The number of ketones is 1. The molecule has 1 aliphatic carbocycles. The zero-order chi connectivity index (χ0) is 27.1. The molecule has 1 saturated heterocycles. The molecule has 1 saturated carbocycles. The van der Waals surface area contributed by atoms with Crippen LogP contribution < -0.4 is 14.4 Å². The van der Waals surface area contributed by atoms with E-state index in [4.69, 9.17) is 20.6 Å². The minimum atomic E-state index is -1.23. The highest BCUT2D eigenvalue weighted by Gasteiger charge is 2.82. The van der Waals surface area contributed by atoms with Crippen LogP contribution in [0.3, 0.4) is 0 Å². The molecule has 0 N–H and O–H groups in total. The van der Waals surface area contributed by atoms with E-state index in [1.165, 1.54) is 17.1 Å². The first-order chi connectivity index (χ1) is 18.1. The van der Waals surface area contributed by atoms with E-state index in [0.29, 0.717) is 36.3 Å². The summed E-state index contributed by atoms with van der Waals surface area (Å²) in [5.41, 5.74) is -2.13. The van der Waals surface area contributed by atoms with Gasteiger partial charge in [-0.3, -0.25) is 14.5 Å². The van der Waals surface area contributed by atoms with Crippen LogP contribution in [-0.4, -0.2) is 29.5 Å². The lowest BCUT2D eigenvalue weighted by atomic mass is 9.68. The van der Waals surface area contributed by atoms with Gasteiger partial charge in [-0.2, -0.15) is 0 Å². The monoisotopic (exact) mass is 509 g/mol. The van der Waals surface area contributed by atoms with Crippen LogP contribution in [0.1, 0.15) is 45.6 Å². The molecule has 0 aromatic heterocycles. The predicted molar refractivity (Wildman–Crippen MR) is 140 cm³/mol. The lowest BCUT2D eigenvalue weighted by Crippen LogP contribution is -2.58. The number of carbonyl (C=O) groups excluding carboxylic acids is 3. The van der Waals surface area contributed by atoms with Crippen molar-refractivity contribution in [2.24, 2.45) is 5.41 Å². The molecule has 0 bridgehead atoms. The first-order valence-corrected chi connectivity index (χ1v) is 12.4. The number of hydrogen-bond acceptors (Lipinski definition) is 6. The summed E-state index contributed by atoms with van der Waals surface area (Å²) >= 11 is 0. The fourth-order valence-electron chi connectivity index (χ4n) is 5.19. The molecule has 2 fully saturated rings. The minimum absolute atomic E-state index is 0.0634.